The summed E-state index contributed by atoms with van der Waals surface area (Å²) in [4.78, 5) is 5.27. The van der Waals surface area contributed by atoms with Crippen molar-refractivity contribution in [2.24, 2.45) is 5.92 Å². The molecule has 3 fully saturated rings. The van der Waals surface area contributed by atoms with Crippen molar-refractivity contribution >= 4 is 0 Å². The lowest BCUT2D eigenvalue weighted by Gasteiger charge is -2.34. The molecule has 0 amide bonds. The van der Waals surface area contributed by atoms with E-state index in [0.29, 0.717) is 0 Å². The van der Waals surface area contributed by atoms with E-state index in [2.05, 4.69) is 9.80 Å². The SMILES string of the molecule is C1COC(CCN2CCC(CN3CCCC3)CC2)OC1. The first-order valence-corrected chi connectivity index (χ1v) is 8.58. The molecule has 0 aromatic heterocycles. The molecule has 3 saturated heterocycles. The van der Waals surface area contributed by atoms with E-state index in [-0.39, 0.29) is 6.29 Å². The zero-order valence-electron chi connectivity index (χ0n) is 12.8. The van der Waals surface area contributed by atoms with Crippen LogP contribution in [-0.2, 0) is 9.47 Å². The summed E-state index contributed by atoms with van der Waals surface area (Å²) in [6, 6.07) is 0. The summed E-state index contributed by atoms with van der Waals surface area (Å²) in [5.41, 5.74) is 0. The molecule has 3 rings (SSSR count). The number of hydrogen-bond donors (Lipinski definition) is 0. The molecule has 4 nitrogen and oxygen atoms in total. The van der Waals surface area contributed by atoms with Crippen molar-refractivity contribution in [2.75, 3.05) is 52.5 Å². The van der Waals surface area contributed by atoms with Gasteiger partial charge in [0.15, 0.2) is 6.29 Å². The molecule has 3 aliphatic heterocycles. The Balaban J connectivity index is 1.29. The predicted molar refractivity (Wildman–Crippen MR) is 79.8 cm³/mol. The van der Waals surface area contributed by atoms with Crippen molar-refractivity contribution in [3.63, 3.8) is 0 Å². The van der Waals surface area contributed by atoms with E-state index in [4.69, 9.17) is 9.47 Å². The number of piperidine rings is 1. The summed E-state index contributed by atoms with van der Waals surface area (Å²) < 4.78 is 11.2. The highest BCUT2D eigenvalue weighted by Gasteiger charge is 2.23. The Bertz CT molecular complexity index is 268. The van der Waals surface area contributed by atoms with Gasteiger partial charge in [-0.15, -0.1) is 0 Å². The van der Waals surface area contributed by atoms with Crippen LogP contribution < -0.4 is 0 Å². The van der Waals surface area contributed by atoms with E-state index < -0.39 is 0 Å². The Morgan fingerprint density at radius 1 is 0.800 bits per heavy atom. The second-order valence-electron chi connectivity index (χ2n) is 6.61. The van der Waals surface area contributed by atoms with E-state index in [0.717, 1.165) is 38.5 Å². The molecular formula is C16H30N2O2. The summed E-state index contributed by atoms with van der Waals surface area (Å²) in [5, 5.41) is 0. The Kier molecular flexibility index (Phi) is 5.71. The molecule has 3 heterocycles. The monoisotopic (exact) mass is 282 g/mol. The minimum absolute atomic E-state index is 0.0612. The number of ether oxygens (including phenoxy) is 2. The van der Waals surface area contributed by atoms with Crippen molar-refractivity contribution in [1.29, 1.82) is 0 Å². The molecule has 3 aliphatic rings. The third-order valence-electron chi connectivity index (χ3n) is 5.00. The van der Waals surface area contributed by atoms with E-state index in [9.17, 15) is 0 Å². The van der Waals surface area contributed by atoms with Gasteiger partial charge in [0.25, 0.3) is 0 Å². The van der Waals surface area contributed by atoms with Crippen LogP contribution in [-0.4, -0.2) is 68.6 Å². The smallest absolute Gasteiger partial charge is 0.158 e. The van der Waals surface area contributed by atoms with Crippen LogP contribution >= 0.6 is 0 Å². The van der Waals surface area contributed by atoms with Crippen LogP contribution in [0.25, 0.3) is 0 Å². The first-order valence-electron chi connectivity index (χ1n) is 8.58. The largest absolute Gasteiger partial charge is 0.353 e. The van der Waals surface area contributed by atoms with Gasteiger partial charge in [-0.05, 0) is 64.2 Å². The molecule has 0 aromatic carbocycles. The predicted octanol–water partition coefficient (Wildman–Crippen LogP) is 1.95. The zero-order chi connectivity index (χ0) is 13.6. The minimum Gasteiger partial charge on any atom is -0.353 e. The van der Waals surface area contributed by atoms with Gasteiger partial charge >= 0.3 is 0 Å². The summed E-state index contributed by atoms with van der Waals surface area (Å²) in [5.74, 6) is 0.937. The summed E-state index contributed by atoms with van der Waals surface area (Å²) in [6.07, 6.45) is 7.74. The van der Waals surface area contributed by atoms with Crippen LogP contribution in [0.15, 0.2) is 0 Å². The highest BCUT2D eigenvalue weighted by Crippen LogP contribution is 2.21. The van der Waals surface area contributed by atoms with Crippen molar-refractivity contribution < 1.29 is 9.47 Å². The molecule has 0 N–H and O–H groups in total. The molecule has 0 aliphatic carbocycles. The van der Waals surface area contributed by atoms with Crippen LogP contribution in [0.2, 0.25) is 0 Å². The summed E-state index contributed by atoms with van der Waals surface area (Å²) >= 11 is 0. The summed E-state index contributed by atoms with van der Waals surface area (Å²) in [7, 11) is 0. The van der Waals surface area contributed by atoms with Crippen LogP contribution in [0.4, 0.5) is 0 Å². The first-order chi connectivity index (χ1) is 9.90. The number of nitrogens with zero attached hydrogens (tertiary/aromatic N) is 2. The Morgan fingerprint density at radius 3 is 2.20 bits per heavy atom. The lowest BCUT2D eigenvalue weighted by molar-refractivity contribution is -0.182. The van der Waals surface area contributed by atoms with Gasteiger partial charge in [-0.3, -0.25) is 0 Å². The fourth-order valence-corrected chi connectivity index (χ4v) is 3.71. The van der Waals surface area contributed by atoms with Crippen LogP contribution in [0.5, 0.6) is 0 Å². The quantitative estimate of drug-likeness (QED) is 0.769. The second kappa shape index (κ2) is 7.74. The molecular weight excluding hydrogens is 252 g/mol. The highest BCUT2D eigenvalue weighted by atomic mass is 16.7. The Labute approximate surface area is 123 Å². The van der Waals surface area contributed by atoms with Crippen LogP contribution in [0.3, 0.4) is 0 Å². The van der Waals surface area contributed by atoms with E-state index in [1.807, 2.05) is 0 Å². The topological polar surface area (TPSA) is 24.9 Å². The average Bonchev–Trinajstić information content (AvgIpc) is 3.01. The highest BCUT2D eigenvalue weighted by molar-refractivity contribution is 4.77. The molecule has 4 heteroatoms. The van der Waals surface area contributed by atoms with Gasteiger partial charge in [0.2, 0.25) is 0 Å². The van der Waals surface area contributed by atoms with E-state index >= 15 is 0 Å². The van der Waals surface area contributed by atoms with Crippen molar-refractivity contribution in [2.45, 2.75) is 44.8 Å². The van der Waals surface area contributed by atoms with Crippen molar-refractivity contribution in [1.82, 2.24) is 9.80 Å². The van der Waals surface area contributed by atoms with Crippen LogP contribution in [0.1, 0.15) is 38.5 Å². The Hall–Kier alpha value is -0.160. The summed E-state index contributed by atoms with van der Waals surface area (Å²) in [6.45, 7) is 9.47. The van der Waals surface area contributed by atoms with Crippen molar-refractivity contribution in [3.05, 3.63) is 0 Å². The van der Waals surface area contributed by atoms with Gasteiger partial charge in [-0.25, -0.2) is 0 Å². The fraction of sp³-hybridized carbons (Fsp3) is 1.00. The molecule has 0 bridgehead atoms. The average molecular weight is 282 g/mol. The van der Waals surface area contributed by atoms with E-state index in [1.54, 1.807) is 0 Å². The molecule has 0 spiro atoms. The maximum Gasteiger partial charge on any atom is 0.158 e. The van der Waals surface area contributed by atoms with Gasteiger partial charge in [0.05, 0.1) is 13.2 Å². The lowest BCUT2D eigenvalue weighted by Crippen LogP contribution is -2.40. The van der Waals surface area contributed by atoms with Gasteiger partial charge in [-0.1, -0.05) is 0 Å². The Morgan fingerprint density at radius 2 is 1.50 bits per heavy atom. The van der Waals surface area contributed by atoms with Gasteiger partial charge in [0.1, 0.15) is 0 Å². The van der Waals surface area contributed by atoms with Crippen molar-refractivity contribution in [3.8, 4) is 0 Å². The third kappa shape index (κ3) is 4.42. The van der Waals surface area contributed by atoms with Gasteiger partial charge in [0, 0.05) is 19.5 Å². The molecule has 0 radical (unpaired) electrons. The number of hydrogen-bond acceptors (Lipinski definition) is 4. The zero-order valence-corrected chi connectivity index (χ0v) is 12.8. The molecule has 20 heavy (non-hydrogen) atoms. The molecule has 0 saturated carbocycles. The second-order valence-corrected chi connectivity index (χ2v) is 6.61. The lowest BCUT2D eigenvalue weighted by atomic mass is 9.96. The minimum atomic E-state index is 0.0612. The maximum atomic E-state index is 5.62. The third-order valence-corrected chi connectivity index (χ3v) is 5.00. The number of likely N-dealkylation sites (tertiary alicyclic amines) is 2. The molecule has 0 unspecified atom stereocenters. The number of rotatable bonds is 5. The normalized spacial score (nSPS) is 28.2. The van der Waals surface area contributed by atoms with E-state index in [1.165, 1.54) is 58.4 Å². The fourth-order valence-electron chi connectivity index (χ4n) is 3.71. The maximum absolute atomic E-state index is 5.62. The van der Waals surface area contributed by atoms with Gasteiger partial charge < -0.3 is 19.3 Å². The molecule has 0 atom stereocenters. The first kappa shape index (κ1) is 14.8. The molecule has 116 valence electrons. The van der Waals surface area contributed by atoms with Crippen LogP contribution in [0, 0.1) is 5.92 Å². The molecule has 0 aromatic rings. The van der Waals surface area contributed by atoms with Gasteiger partial charge in [-0.2, -0.15) is 0 Å². The standard InChI is InChI=1S/C16H30N2O2/c1-2-8-18(7-1)14-15-4-9-17(10-5-15)11-6-16-19-12-3-13-20-16/h15-16H,1-14H2.